The van der Waals surface area contributed by atoms with Gasteiger partial charge in [-0.3, -0.25) is 4.79 Å². The summed E-state index contributed by atoms with van der Waals surface area (Å²) in [6, 6.07) is 9.97. The molecule has 0 saturated carbocycles. The Balaban J connectivity index is 1.57. The Morgan fingerprint density at radius 2 is 2.04 bits per heavy atom. The fourth-order valence-corrected chi connectivity index (χ4v) is 2.94. The van der Waals surface area contributed by atoms with Crippen LogP contribution in [0.1, 0.15) is 27.5 Å². The summed E-state index contributed by atoms with van der Waals surface area (Å²) >= 11 is 0. The number of pyridine rings is 1. The molecule has 3 aromatic rings. The van der Waals surface area contributed by atoms with Gasteiger partial charge in [-0.15, -0.1) is 0 Å². The van der Waals surface area contributed by atoms with Crippen LogP contribution in [0.3, 0.4) is 0 Å². The van der Waals surface area contributed by atoms with Crippen LogP contribution in [0.4, 0.5) is 13.2 Å². The highest BCUT2D eigenvalue weighted by Crippen LogP contribution is 2.31. The minimum Gasteiger partial charge on any atom is -0.481 e. The van der Waals surface area contributed by atoms with Gasteiger partial charge in [0.1, 0.15) is 0 Å². The van der Waals surface area contributed by atoms with Crippen molar-refractivity contribution in [3.05, 3.63) is 59.1 Å². The minimum absolute atomic E-state index is 0.226. The molecular formula is C18H13F3N4O3. The van der Waals surface area contributed by atoms with Crippen LogP contribution < -0.4 is 4.74 Å². The quantitative estimate of drug-likeness (QED) is 0.680. The lowest BCUT2D eigenvalue weighted by molar-refractivity contribution is -0.159. The van der Waals surface area contributed by atoms with Crippen LogP contribution in [0.2, 0.25) is 0 Å². The molecule has 28 heavy (non-hydrogen) atoms. The molecule has 4 rings (SSSR count). The highest BCUT2D eigenvalue weighted by atomic mass is 19.4. The minimum atomic E-state index is -4.72. The second-order valence-corrected chi connectivity index (χ2v) is 6.13. The van der Waals surface area contributed by atoms with Gasteiger partial charge in [-0.05, 0) is 17.7 Å². The molecule has 0 fully saturated rings. The van der Waals surface area contributed by atoms with E-state index in [0.29, 0.717) is 23.7 Å². The summed E-state index contributed by atoms with van der Waals surface area (Å²) < 4.78 is 47.2. The summed E-state index contributed by atoms with van der Waals surface area (Å²) in [5.41, 5.74) is 2.08. The molecule has 0 atom stereocenters. The molecule has 0 spiro atoms. The number of hydrogen-bond donors (Lipinski definition) is 0. The standard InChI is InChI=1S/C18H13F3N4O3/c1-27-14-4-2-3-12(22-14)9-25-8-11-6-5-10(7-13(11)16(25)26)15-23-17(28-24-15)18(19,20)21/h2-7H,8-9H2,1H3. The van der Waals surface area contributed by atoms with E-state index in [4.69, 9.17) is 4.74 Å². The molecule has 0 radical (unpaired) electrons. The summed E-state index contributed by atoms with van der Waals surface area (Å²) in [7, 11) is 1.51. The maximum Gasteiger partial charge on any atom is 0.471 e. The Bertz CT molecular complexity index is 1050. The number of benzene rings is 1. The first-order valence-electron chi connectivity index (χ1n) is 8.18. The number of amides is 1. The summed E-state index contributed by atoms with van der Waals surface area (Å²) in [6.07, 6.45) is -4.72. The third-order valence-corrected chi connectivity index (χ3v) is 4.26. The molecule has 0 unspecified atom stereocenters. The predicted octanol–water partition coefficient (Wildman–Crippen LogP) is 3.32. The summed E-state index contributed by atoms with van der Waals surface area (Å²) in [5, 5.41) is 3.35. The topological polar surface area (TPSA) is 81.4 Å². The van der Waals surface area contributed by atoms with Crippen molar-refractivity contribution in [2.75, 3.05) is 7.11 Å². The van der Waals surface area contributed by atoms with Crippen molar-refractivity contribution in [3.8, 4) is 17.3 Å². The molecule has 0 N–H and O–H groups in total. The fourth-order valence-electron chi connectivity index (χ4n) is 2.94. The zero-order chi connectivity index (χ0) is 19.9. The molecule has 1 aromatic carbocycles. The lowest BCUT2D eigenvalue weighted by atomic mass is 10.1. The molecule has 1 aliphatic rings. The molecular weight excluding hydrogens is 377 g/mol. The van der Waals surface area contributed by atoms with Crippen molar-refractivity contribution < 1.29 is 27.2 Å². The zero-order valence-electron chi connectivity index (χ0n) is 14.5. The van der Waals surface area contributed by atoms with Gasteiger partial charge in [-0.1, -0.05) is 23.4 Å². The van der Waals surface area contributed by atoms with Gasteiger partial charge in [0.25, 0.3) is 5.91 Å². The third-order valence-electron chi connectivity index (χ3n) is 4.26. The van der Waals surface area contributed by atoms with Crippen molar-refractivity contribution >= 4 is 5.91 Å². The Kier molecular flexibility index (Phi) is 4.25. The zero-order valence-corrected chi connectivity index (χ0v) is 14.5. The van der Waals surface area contributed by atoms with E-state index < -0.39 is 12.1 Å². The number of hydrogen-bond acceptors (Lipinski definition) is 6. The van der Waals surface area contributed by atoms with Gasteiger partial charge in [0, 0.05) is 23.7 Å². The number of nitrogens with zero attached hydrogens (tertiary/aromatic N) is 4. The van der Waals surface area contributed by atoms with Crippen LogP contribution in [-0.2, 0) is 19.3 Å². The van der Waals surface area contributed by atoms with E-state index in [0.717, 1.165) is 5.56 Å². The van der Waals surface area contributed by atoms with E-state index in [1.54, 1.807) is 35.2 Å². The van der Waals surface area contributed by atoms with Gasteiger partial charge in [0.2, 0.25) is 11.7 Å². The number of methoxy groups -OCH3 is 1. The normalized spacial score (nSPS) is 13.7. The second kappa shape index (κ2) is 6.63. The van der Waals surface area contributed by atoms with Crippen molar-refractivity contribution in [1.82, 2.24) is 20.0 Å². The van der Waals surface area contributed by atoms with E-state index in [2.05, 4.69) is 19.6 Å². The van der Waals surface area contributed by atoms with E-state index >= 15 is 0 Å². The van der Waals surface area contributed by atoms with Crippen LogP contribution in [0.15, 0.2) is 40.9 Å². The summed E-state index contributed by atoms with van der Waals surface area (Å²) in [6.45, 7) is 0.647. The number of aromatic nitrogens is 3. The van der Waals surface area contributed by atoms with Gasteiger partial charge in [-0.25, -0.2) is 4.98 Å². The number of halogens is 3. The average molecular weight is 390 g/mol. The number of carbonyl (C=O) groups excluding carboxylic acids is 1. The van der Waals surface area contributed by atoms with Gasteiger partial charge >= 0.3 is 12.1 Å². The van der Waals surface area contributed by atoms with E-state index in [1.807, 2.05) is 0 Å². The van der Waals surface area contributed by atoms with Gasteiger partial charge in [0.05, 0.1) is 19.3 Å². The molecule has 3 heterocycles. The first-order valence-corrected chi connectivity index (χ1v) is 8.18. The van der Waals surface area contributed by atoms with Gasteiger partial charge in [-0.2, -0.15) is 18.2 Å². The smallest absolute Gasteiger partial charge is 0.471 e. The molecule has 1 amide bonds. The summed E-state index contributed by atoms with van der Waals surface area (Å²) in [5.74, 6) is -1.46. The third kappa shape index (κ3) is 3.28. The molecule has 0 saturated heterocycles. The maximum atomic E-state index is 12.7. The monoisotopic (exact) mass is 390 g/mol. The number of alkyl halides is 3. The number of fused-ring (bicyclic) bond motifs is 1. The lowest BCUT2D eigenvalue weighted by Gasteiger charge is -2.15. The highest BCUT2D eigenvalue weighted by molar-refractivity contribution is 5.99. The summed E-state index contributed by atoms with van der Waals surface area (Å²) in [4.78, 5) is 22.0. The van der Waals surface area contributed by atoms with E-state index in [1.165, 1.54) is 13.2 Å². The first-order chi connectivity index (χ1) is 13.3. The Morgan fingerprint density at radius 1 is 1.21 bits per heavy atom. The Labute approximate surface area is 156 Å². The Hall–Kier alpha value is -3.43. The van der Waals surface area contributed by atoms with E-state index in [9.17, 15) is 18.0 Å². The molecule has 10 heteroatoms. The molecule has 7 nitrogen and oxygen atoms in total. The van der Waals surface area contributed by atoms with Crippen molar-refractivity contribution in [1.29, 1.82) is 0 Å². The molecule has 2 aromatic heterocycles. The maximum absolute atomic E-state index is 12.7. The van der Waals surface area contributed by atoms with Crippen molar-refractivity contribution in [2.45, 2.75) is 19.3 Å². The SMILES string of the molecule is COc1cccc(CN2Cc3ccc(-c4noc(C(F)(F)F)n4)cc3C2=O)n1. The largest absolute Gasteiger partial charge is 0.481 e. The van der Waals surface area contributed by atoms with Crippen LogP contribution in [0, 0.1) is 0 Å². The van der Waals surface area contributed by atoms with Crippen LogP contribution in [-0.4, -0.2) is 33.0 Å². The number of ether oxygens (including phenoxy) is 1. The lowest BCUT2D eigenvalue weighted by Crippen LogP contribution is -2.23. The second-order valence-electron chi connectivity index (χ2n) is 6.13. The van der Waals surface area contributed by atoms with Crippen LogP contribution >= 0.6 is 0 Å². The fraction of sp³-hybridized carbons (Fsp3) is 0.222. The van der Waals surface area contributed by atoms with Crippen molar-refractivity contribution in [3.63, 3.8) is 0 Å². The molecule has 144 valence electrons. The van der Waals surface area contributed by atoms with Gasteiger partial charge in [0.15, 0.2) is 0 Å². The van der Waals surface area contributed by atoms with Crippen LogP contribution in [0.5, 0.6) is 5.88 Å². The molecule has 0 aliphatic carbocycles. The molecule has 1 aliphatic heterocycles. The van der Waals surface area contributed by atoms with Crippen LogP contribution in [0.25, 0.3) is 11.4 Å². The highest BCUT2D eigenvalue weighted by Gasteiger charge is 2.38. The Morgan fingerprint density at radius 3 is 2.75 bits per heavy atom. The number of carbonyl (C=O) groups is 1. The van der Waals surface area contributed by atoms with Gasteiger partial charge < -0.3 is 14.2 Å². The number of rotatable bonds is 4. The molecule has 0 bridgehead atoms. The van der Waals surface area contributed by atoms with E-state index in [-0.39, 0.29) is 23.8 Å². The first kappa shape index (κ1) is 18.0. The average Bonchev–Trinajstić information content (AvgIpc) is 3.28. The predicted molar refractivity (Wildman–Crippen MR) is 89.1 cm³/mol. The van der Waals surface area contributed by atoms with Crippen molar-refractivity contribution in [2.24, 2.45) is 0 Å².